The van der Waals surface area contributed by atoms with Crippen LogP contribution in [0.15, 0.2) is 29.2 Å². The van der Waals surface area contributed by atoms with Crippen molar-refractivity contribution in [3.05, 3.63) is 67.4 Å². The van der Waals surface area contributed by atoms with Crippen LogP contribution in [0.1, 0.15) is 63.4 Å². The zero-order valence-corrected chi connectivity index (χ0v) is 21.3. The molecule has 0 saturated carbocycles. The topological polar surface area (TPSA) is 119 Å². The number of fused-ring (bicyclic) bond motifs is 3. The minimum Gasteiger partial charge on any atom is -0.462 e. The first kappa shape index (κ1) is 23.9. The first-order valence-electron chi connectivity index (χ1n) is 12.1. The summed E-state index contributed by atoms with van der Waals surface area (Å²) >= 11 is 1.39. The molecule has 0 fully saturated rings. The second-order valence-corrected chi connectivity index (χ2v) is 9.88. The molecule has 36 heavy (non-hydrogen) atoms. The summed E-state index contributed by atoms with van der Waals surface area (Å²) in [5.74, 6) is -1.01. The maximum Gasteiger partial charge on any atom is 0.341 e. The number of thiophene rings is 1. The fourth-order valence-electron chi connectivity index (χ4n) is 4.82. The molecule has 0 bridgehead atoms. The Morgan fingerprint density at radius 2 is 2.00 bits per heavy atom. The molecular formula is C26H27N5O4S. The van der Waals surface area contributed by atoms with Crippen LogP contribution >= 0.6 is 11.3 Å². The quantitative estimate of drug-likeness (QED) is 0.316. The van der Waals surface area contributed by atoms with Crippen LogP contribution in [0.4, 0.5) is 5.00 Å². The number of carbonyl (C=O) groups is 2. The van der Waals surface area contributed by atoms with E-state index in [1.54, 1.807) is 23.8 Å². The molecule has 0 radical (unpaired) electrons. The highest BCUT2D eigenvalue weighted by molar-refractivity contribution is 7.17. The van der Waals surface area contributed by atoms with Gasteiger partial charge in [0.05, 0.1) is 23.1 Å². The highest BCUT2D eigenvalue weighted by atomic mass is 32.1. The zero-order chi connectivity index (χ0) is 25.6. The Balaban J connectivity index is 1.65. The summed E-state index contributed by atoms with van der Waals surface area (Å²) in [5, 5.41) is 12.3. The Hall–Kier alpha value is -3.79. The standard InChI is InChI=1S/C26H27N5O4S/c1-4-30-20(27)16(13-17-22(30)28-21-14(3)9-8-12-31(21)25(17)33)23(32)29-24-19(26(34)35-5-2)15-10-6-7-11-18(15)36-24/h8-9,12-13,27H,4-7,10-11H2,1-3H3,(H,29,32). The first-order chi connectivity index (χ1) is 17.3. The third-order valence-electron chi connectivity index (χ3n) is 6.57. The molecule has 1 amide bonds. The number of pyridine rings is 2. The predicted octanol–water partition coefficient (Wildman–Crippen LogP) is 3.83. The third kappa shape index (κ3) is 3.81. The molecule has 4 aromatic rings. The lowest BCUT2D eigenvalue weighted by Crippen LogP contribution is -2.32. The van der Waals surface area contributed by atoms with E-state index in [0.29, 0.717) is 28.4 Å². The lowest BCUT2D eigenvalue weighted by molar-refractivity contribution is 0.0526. The SMILES string of the molecule is CCOC(=O)c1c(NC(=O)c2cc3c(=O)n4cccc(C)c4nc3n(CC)c2=N)sc2c1CCCC2. The Bertz CT molecular complexity index is 1660. The number of nitrogens with zero attached hydrogens (tertiary/aromatic N) is 3. The minimum atomic E-state index is -0.554. The van der Waals surface area contributed by atoms with E-state index < -0.39 is 11.9 Å². The molecule has 4 aromatic heterocycles. The van der Waals surface area contributed by atoms with Crippen molar-refractivity contribution in [1.29, 1.82) is 5.41 Å². The maximum absolute atomic E-state index is 13.5. The number of rotatable bonds is 5. The van der Waals surface area contributed by atoms with Crippen molar-refractivity contribution in [3.8, 4) is 0 Å². The van der Waals surface area contributed by atoms with Gasteiger partial charge in [0.25, 0.3) is 11.5 Å². The van der Waals surface area contributed by atoms with Crippen LogP contribution in [0.25, 0.3) is 16.7 Å². The molecule has 0 aliphatic heterocycles. The Morgan fingerprint density at radius 3 is 2.75 bits per heavy atom. The van der Waals surface area contributed by atoms with Gasteiger partial charge in [-0.25, -0.2) is 9.78 Å². The minimum absolute atomic E-state index is 0.0389. The molecule has 10 heteroatoms. The number of anilines is 1. The van der Waals surface area contributed by atoms with Crippen LogP contribution in [0.2, 0.25) is 0 Å². The average molecular weight is 506 g/mol. The van der Waals surface area contributed by atoms with Gasteiger partial charge in [-0.1, -0.05) is 6.07 Å². The fourth-order valence-corrected chi connectivity index (χ4v) is 6.09. The average Bonchev–Trinajstić information content (AvgIpc) is 3.22. The summed E-state index contributed by atoms with van der Waals surface area (Å²) in [7, 11) is 0. The molecular weight excluding hydrogens is 478 g/mol. The van der Waals surface area contributed by atoms with Gasteiger partial charge >= 0.3 is 5.97 Å². The van der Waals surface area contributed by atoms with Crippen LogP contribution in [-0.4, -0.2) is 32.4 Å². The van der Waals surface area contributed by atoms with Crippen molar-refractivity contribution in [1.82, 2.24) is 14.0 Å². The molecule has 4 heterocycles. The number of esters is 1. The molecule has 5 rings (SSSR count). The second kappa shape index (κ2) is 9.34. The van der Waals surface area contributed by atoms with Gasteiger partial charge in [-0.2, -0.15) is 0 Å². The largest absolute Gasteiger partial charge is 0.462 e. The zero-order valence-electron chi connectivity index (χ0n) is 20.4. The van der Waals surface area contributed by atoms with E-state index in [1.807, 2.05) is 19.9 Å². The third-order valence-corrected chi connectivity index (χ3v) is 7.78. The summed E-state index contributed by atoms with van der Waals surface area (Å²) in [4.78, 5) is 45.4. The molecule has 0 saturated heterocycles. The predicted molar refractivity (Wildman–Crippen MR) is 138 cm³/mol. The van der Waals surface area contributed by atoms with E-state index in [0.717, 1.165) is 41.7 Å². The van der Waals surface area contributed by atoms with E-state index in [2.05, 4.69) is 10.3 Å². The lowest BCUT2D eigenvalue weighted by Gasteiger charge is -2.14. The van der Waals surface area contributed by atoms with Gasteiger partial charge < -0.3 is 14.6 Å². The second-order valence-electron chi connectivity index (χ2n) is 8.78. The van der Waals surface area contributed by atoms with Crippen molar-refractivity contribution in [3.63, 3.8) is 0 Å². The van der Waals surface area contributed by atoms with E-state index in [9.17, 15) is 14.4 Å². The molecule has 0 unspecified atom stereocenters. The molecule has 1 aliphatic rings. The maximum atomic E-state index is 13.5. The van der Waals surface area contributed by atoms with E-state index in [4.69, 9.17) is 10.1 Å². The highest BCUT2D eigenvalue weighted by Gasteiger charge is 2.28. The van der Waals surface area contributed by atoms with Crippen LogP contribution in [0.5, 0.6) is 0 Å². The van der Waals surface area contributed by atoms with Crippen molar-refractivity contribution in [2.24, 2.45) is 0 Å². The van der Waals surface area contributed by atoms with Crippen molar-refractivity contribution in [2.45, 2.75) is 53.0 Å². The van der Waals surface area contributed by atoms with E-state index >= 15 is 0 Å². The number of hydrogen-bond acceptors (Lipinski definition) is 7. The number of aromatic nitrogens is 3. The fraction of sp³-hybridized carbons (Fsp3) is 0.346. The van der Waals surface area contributed by atoms with Gasteiger partial charge in [0.1, 0.15) is 21.8 Å². The number of carbonyl (C=O) groups excluding carboxylic acids is 2. The number of hydrogen-bond donors (Lipinski definition) is 2. The molecule has 9 nitrogen and oxygen atoms in total. The smallest absolute Gasteiger partial charge is 0.341 e. The number of aryl methyl sites for hydroxylation is 3. The summed E-state index contributed by atoms with van der Waals surface area (Å²) in [6.45, 7) is 6.05. The van der Waals surface area contributed by atoms with Gasteiger partial charge in [0.2, 0.25) is 0 Å². The Labute approximate surface area is 210 Å². The summed E-state index contributed by atoms with van der Waals surface area (Å²) in [6, 6.07) is 5.07. The normalized spacial score (nSPS) is 13.1. The Kier molecular flexibility index (Phi) is 6.21. The van der Waals surface area contributed by atoms with Crippen molar-refractivity contribution >= 4 is 44.9 Å². The van der Waals surface area contributed by atoms with Gasteiger partial charge in [-0.15, -0.1) is 11.3 Å². The molecule has 1 aliphatic carbocycles. The highest BCUT2D eigenvalue weighted by Crippen LogP contribution is 2.38. The van der Waals surface area contributed by atoms with E-state index in [-0.39, 0.29) is 28.6 Å². The van der Waals surface area contributed by atoms with Crippen LogP contribution in [-0.2, 0) is 24.1 Å². The Morgan fingerprint density at radius 1 is 1.22 bits per heavy atom. The van der Waals surface area contributed by atoms with Gasteiger partial charge in [-0.05, 0) is 69.7 Å². The number of ether oxygens (including phenoxy) is 1. The summed E-state index contributed by atoms with van der Waals surface area (Å²) in [5.41, 5.74) is 2.73. The van der Waals surface area contributed by atoms with Crippen molar-refractivity contribution < 1.29 is 14.3 Å². The first-order valence-corrected chi connectivity index (χ1v) is 12.9. The molecule has 0 atom stereocenters. The lowest BCUT2D eigenvalue weighted by atomic mass is 9.95. The molecule has 0 aromatic carbocycles. The monoisotopic (exact) mass is 505 g/mol. The van der Waals surface area contributed by atoms with Gasteiger partial charge in [-0.3, -0.25) is 19.4 Å². The summed E-state index contributed by atoms with van der Waals surface area (Å²) < 4.78 is 8.30. The molecule has 186 valence electrons. The van der Waals surface area contributed by atoms with Gasteiger partial charge in [0.15, 0.2) is 0 Å². The van der Waals surface area contributed by atoms with Gasteiger partial charge in [0, 0.05) is 17.6 Å². The number of nitrogens with one attached hydrogen (secondary N) is 2. The number of amides is 1. The molecule has 0 spiro atoms. The van der Waals surface area contributed by atoms with E-state index in [1.165, 1.54) is 21.8 Å². The van der Waals surface area contributed by atoms with Crippen LogP contribution in [0.3, 0.4) is 0 Å². The van der Waals surface area contributed by atoms with Crippen LogP contribution < -0.4 is 16.4 Å². The van der Waals surface area contributed by atoms with Crippen LogP contribution in [0, 0.1) is 12.3 Å². The summed E-state index contributed by atoms with van der Waals surface area (Å²) in [6.07, 6.45) is 5.27. The molecule has 2 N–H and O–H groups in total. The van der Waals surface area contributed by atoms with Crippen molar-refractivity contribution in [2.75, 3.05) is 11.9 Å².